The van der Waals surface area contributed by atoms with Gasteiger partial charge in [-0.2, -0.15) is 0 Å². The molecule has 0 amide bonds. The SMILES string of the molecule is C[C@]12CCCC[C@@H]1CC[C@H]1[C@H]2CC[C@]2(C)[C@@H](O)/C(=C/c3ccccc3Cl)C[C@@H]12. The van der Waals surface area contributed by atoms with E-state index in [1.165, 1.54) is 56.9 Å². The molecule has 1 nitrogen and oxygen atoms in total. The van der Waals surface area contributed by atoms with Crippen LogP contribution in [0.3, 0.4) is 0 Å². The summed E-state index contributed by atoms with van der Waals surface area (Å²) in [5.41, 5.74) is 2.88. The average molecular weight is 399 g/mol. The van der Waals surface area contributed by atoms with Crippen molar-refractivity contribution in [3.8, 4) is 0 Å². The molecule has 0 unspecified atom stereocenters. The van der Waals surface area contributed by atoms with E-state index in [4.69, 9.17) is 11.6 Å². The second-order valence-electron chi connectivity index (χ2n) is 10.8. The van der Waals surface area contributed by atoms with Crippen molar-refractivity contribution in [1.29, 1.82) is 0 Å². The Morgan fingerprint density at radius 2 is 1.79 bits per heavy atom. The lowest BCUT2D eigenvalue weighted by molar-refractivity contribution is -0.119. The summed E-state index contributed by atoms with van der Waals surface area (Å²) in [5.74, 6) is 3.26. The van der Waals surface area contributed by atoms with Crippen LogP contribution in [0.25, 0.3) is 6.08 Å². The standard InChI is InChI=1S/C26H35ClO/c1-25-13-6-5-8-19(25)10-11-20-21(25)12-14-26(2)22(20)16-18(24(26)28)15-17-7-3-4-9-23(17)27/h3-4,7,9,15,19-22,24,28H,5-6,8,10-14,16H2,1-2H3/b18-15+/t19-,20+,21-,22+,24+,25+,26+/m1/s1. The van der Waals surface area contributed by atoms with Gasteiger partial charge in [0, 0.05) is 10.4 Å². The molecule has 4 saturated carbocycles. The van der Waals surface area contributed by atoms with Crippen LogP contribution in [0, 0.1) is 34.5 Å². The minimum absolute atomic E-state index is 0.0477. The number of benzene rings is 1. The summed E-state index contributed by atoms with van der Waals surface area (Å²) in [6.45, 7) is 5.00. The van der Waals surface area contributed by atoms with Crippen molar-refractivity contribution in [2.45, 2.75) is 77.7 Å². The van der Waals surface area contributed by atoms with Crippen LogP contribution >= 0.6 is 11.6 Å². The number of aliphatic hydroxyl groups is 1. The Labute approximate surface area is 175 Å². The molecule has 1 N–H and O–H groups in total. The maximum atomic E-state index is 11.4. The molecule has 152 valence electrons. The lowest BCUT2D eigenvalue weighted by atomic mass is 9.45. The number of aliphatic hydroxyl groups excluding tert-OH is 1. The summed E-state index contributed by atoms with van der Waals surface area (Å²) >= 11 is 6.42. The van der Waals surface area contributed by atoms with Gasteiger partial charge in [0.15, 0.2) is 0 Å². The van der Waals surface area contributed by atoms with Crippen molar-refractivity contribution in [2.75, 3.05) is 0 Å². The third-order valence-corrected chi connectivity index (χ3v) is 10.0. The molecule has 0 aromatic heterocycles. The van der Waals surface area contributed by atoms with Crippen molar-refractivity contribution < 1.29 is 5.11 Å². The van der Waals surface area contributed by atoms with E-state index in [-0.39, 0.29) is 11.5 Å². The van der Waals surface area contributed by atoms with Gasteiger partial charge in [0.2, 0.25) is 0 Å². The highest BCUT2D eigenvalue weighted by Crippen LogP contribution is 2.67. The van der Waals surface area contributed by atoms with Gasteiger partial charge in [-0.05, 0) is 91.2 Å². The topological polar surface area (TPSA) is 20.2 Å². The first kappa shape index (κ1) is 19.2. The van der Waals surface area contributed by atoms with E-state index in [1.807, 2.05) is 18.2 Å². The normalized spacial score (nSPS) is 46.7. The van der Waals surface area contributed by atoms with Crippen LogP contribution in [0.4, 0.5) is 0 Å². The molecule has 7 atom stereocenters. The number of hydrogen-bond acceptors (Lipinski definition) is 1. The zero-order valence-electron chi connectivity index (χ0n) is 17.5. The molecule has 28 heavy (non-hydrogen) atoms. The lowest BCUT2D eigenvalue weighted by Crippen LogP contribution is -2.53. The molecule has 4 aliphatic rings. The van der Waals surface area contributed by atoms with E-state index in [0.717, 1.165) is 34.8 Å². The number of fused-ring (bicyclic) bond motifs is 5. The van der Waals surface area contributed by atoms with Gasteiger partial charge in [-0.1, -0.05) is 62.6 Å². The molecular weight excluding hydrogens is 364 g/mol. The second-order valence-corrected chi connectivity index (χ2v) is 11.2. The van der Waals surface area contributed by atoms with Gasteiger partial charge in [-0.25, -0.2) is 0 Å². The maximum Gasteiger partial charge on any atom is 0.0809 e. The predicted octanol–water partition coefficient (Wildman–Crippen LogP) is 7.13. The third-order valence-electron chi connectivity index (χ3n) is 9.70. The Bertz CT molecular complexity index is 784. The first-order valence-electron chi connectivity index (χ1n) is 11.6. The van der Waals surface area contributed by atoms with Gasteiger partial charge >= 0.3 is 0 Å². The summed E-state index contributed by atoms with van der Waals surface area (Å²) in [4.78, 5) is 0. The Morgan fingerprint density at radius 1 is 0.964 bits per heavy atom. The lowest BCUT2D eigenvalue weighted by Gasteiger charge is -2.60. The van der Waals surface area contributed by atoms with Gasteiger partial charge in [-0.3, -0.25) is 0 Å². The summed E-state index contributed by atoms with van der Waals surface area (Å²) in [6.07, 6.45) is 14.0. The quantitative estimate of drug-likeness (QED) is 0.533. The fourth-order valence-electron chi connectivity index (χ4n) is 8.09. The largest absolute Gasteiger partial charge is 0.388 e. The summed E-state index contributed by atoms with van der Waals surface area (Å²) in [7, 11) is 0. The van der Waals surface area contributed by atoms with Crippen LogP contribution < -0.4 is 0 Å². The zero-order valence-corrected chi connectivity index (χ0v) is 18.2. The molecule has 0 heterocycles. The molecule has 0 bridgehead atoms. The molecule has 0 saturated heterocycles. The number of hydrogen-bond donors (Lipinski definition) is 1. The van der Waals surface area contributed by atoms with E-state index in [0.29, 0.717) is 11.3 Å². The van der Waals surface area contributed by atoms with E-state index in [2.05, 4.69) is 26.0 Å². The van der Waals surface area contributed by atoms with Crippen molar-refractivity contribution in [1.82, 2.24) is 0 Å². The van der Waals surface area contributed by atoms with Crippen molar-refractivity contribution >= 4 is 17.7 Å². The molecule has 0 radical (unpaired) electrons. The van der Waals surface area contributed by atoms with Crippen LogP contribution in [0.1, 0.15) is 77.2 Å². The Balaban J connectivity index is 1.47. The van der Waals surface area contributed by atoms with Crippen LogP contribution in [0.15, 0.2) is 29.8 Å². The Hall–Kier alpha value is -0.790. The van der Waals surface area contributed by atoms with E-state index < -0.39 is 0 Å². The first-order chi connectivity index (χ1) is 13.4. The first-order valence-corrected chi connectivity index (χ1v) is 11.9. The summed E-state index contributed by atoms with van der Waals surface area (Å²) in [6, 6.07) is 8.04. The molecule has 2 heteroatoms. The minimum Gasteiger partial charge on any atom is -0.388 e. The fraction of sp³-hybridized carbons (Fsp3) is 0.692. The highest BCUT2D eigenvalue weighted by atomic mass is 35.5. The molecule has 0 spiro atoms. The van der Waals surface area contributed by atoms with Gasteiger partial charge in [0.05, 0.1) is 6.10 Å². The molecule has 0 aliphatic heterocycles. The molecule has 5 rings (SSSR count). The van der Waals surface area contributed by atoms with Crippen LogP contribution in [-0.2, 0) is 0 Å². The third kappa shape index (κ3) is 2.76. The van der Waals surface area contributed by atoms with E-state index >= 15 is 0 Å². The van der Waals surface area contributed by atoms with Crippen LogP contribution in [0.5, 0.6) is 0 Å². The highest BCUT2D eigenvalue weighted by Gasteiger charge is 2.60. The summed E-state index contributed by atoms with van der Waals surface area (Å²) < 4.78 is 0. The van der Waals surface area contributed by atoms with Gasteiger partial charge < -0.3 is 5.11 Å². The smallest absolute Gasteiger partial charge is 0.0809 e. The minimum atomic E-state index is -0.313. The molecule has 4 aliphatic carbocycles. The van der Waals surface area contributed by atoms with Crippen molar-refractivity contribution in [3.63, 3.8) is 0 Å². The van der Waals surface area contributed by atoms with Crippen LogP contribution in [-0.4, -0.2) is 11.2 Å². The Kier molecular flexibility index (Phi) is 4.71. The molecule has 4 fully saturated rings. The number of halogens is 1. The monoisotopic (exact) mass is 398 g/mol. The van der Waals surface area contributed by atoms with Crippen LogP contribution in [0.2, 0.25) is 5.02 Å². The van der Waals surface area contributed by atoms with E-state index in [1.54, 1.807) is 0 Å². The fourth-order valence-corrected chi connectivity index (χ4v) is 8.28. The average Bonchev–Trinajstić information content (AvgIpc) is 2.94. The van der Waals surface area contributed by atoms with Crippen molar-refractivity contribution in [3.05, 3.63) is 40.4 Å². The maximum absolute atomic E-state index is 11.4. The second kappa shape index (κ2) is 6.88. The van der Waals surface area contributed by atoms with E-state index in [9.17, 15) is 5.11 Å². The number of rotatable bonds is 1. The molecule has 1 aromatic carbocycles. The zero-order chi connectivity index (χ0) is 19.5. The summed E-state index contributed by atoms with van der Waals surface area (Å²) in [5, 5.41) is 12.2. The van der Waals surface area contributed by atoms with Gasteiger partial charge in [0.1, 0.15) is 0 Å². The predicted molar refractivity (Wildman–Crippen MR) is 117 cm³/mol. The Morgan fingerprint density at radius 3 is 2.61 bits per heavy atom. The highest BCUT2D eigenvalue weighted by molar-refractivity contribution is 6.32. The van der Waals surface area contributed by atoms with Crippen molar-refractivity contribution in [2.24, 2.45) is 34.5 Å². The molecule has 1 aromatic rings. The van der Waals surface area contributed by atoms with Gasteiger partial charge in [0.25, 0.3) is 0 Å². The molecular formula is C26H35ClO. The van der Waals surface area contributed by atoms with Gasteiger partial charge in [-0.15, -0.1) is 0 Å².